The van der Waals surface area contributed by atoms with Crippen LogP contribution < -0.4 is 10.6 Å². The molecule has 1 aliphatic rings. The number of carbonyl (C=O) groups is 1. The molecule has 0 saturated carbocycles. The average molecular weight is 260 g/mol. The van der Waals surface area contributed by atoms with Gasteiger partial charge < -0.3 is 10.6 Å². The molecular formula is C16H24N2O. The Morgan fingerprint density at radius 1 is 1.26 bits per heavy atom. The summed E-state index contributed by atoms with van der Waals surface area (Å²) in [5, 5.41) is 6.44. The van der Waals surface area contributed by atoms with Crippen molar-refractivity contribution in [3.8, 4) is 0 Å². The topological polar surface area (TPSA) is 41.1 Å². The van der Waals surface area contributed by atoms with Gasteiger partial charge in [-0.3, -0.25) is 4.79 Å². The summed E-state index contributed by atoms with van der Waals surface area (Å²) in [5.74, 6) is 0.476. The molecule has 1 saturated heterocycles. The molecule has 0 aromatic heterocycles. The Morgan fingerprint density at radius 3 is 2.63 bits per heavy atom. The number of amides is 1. The van der Waals surface area contributed by atoms with Crippen LogP contribution in [0.2, 0.25) is 0 Å². The average Bonchev–Trinajstić information content (AvgIpc) is 2.48. The van der Waals surface area contributed by atoms with E-state index in [-0.39, 0.29) is 18.0 Å². The highest BCUT2D eigenvalue weighted by atomic mass is 16.2. The van der Waals surface area contributed by atoms with Gasteiger partial charge in [-0.1, -0.05) is 43.7 Å². The SMILES string of the molecule is CC(NC(=O)C1CCCCN1)C(C)c1ccccc1. The molecule has 0 bridgehead atoms. The molecule has 1 aromatic rings. The molecule has 2 N–H and O–H groups in total. The number of benzene rings is 1. The van der Waals surface area contributed by atoms with E-state index in [0.717, 1.165) is 19.4 Å². The quantitative estimate of drug-likeness (QED) is 0.873. The Hall–Kier alpha value is -1.35. The summed E-state index contributed by atoms with van der Waals surface area (Å²) in [4.78, 5) is 12.2. The van der Waals surface area contributed by atoms with Crippen molar-refractivity contribution < 1.29 is 4.79 Å². The summed E-state index contributed by atoms with van der Waals surface area (Å²) in [6.07, 6.45) is 3.28. The molecule has 1 fully saturated rings. The second-order valence-corrected chi connectivity index (χ2v) is 5.50. The fourth-order valence-electron chi connectivity index (χ4n) is 2.57. The summed E-state index contributed by atoms with van der Waals surface area (Å²) in [6, 6.07) is 10.5. The lowest BCUT2D eigenvalue weighted by molar-refractivity contribution is -0.124. The van der Waals surface area contributed by atoms with E-state index < -0.39 is 0 Å². The fraction of sp³-hybridized carbons (Fsp3) is 0.562. The molecule has 104 valence electrons. The van der Waals surface area contributed by atoms with Gasteiger partial charge in [0.2, 0.25) is 5.91 Å². The highest BCUT2D eigenvalue weighted by molar-refractivity contribution is 5.82. The molecule has 19 heavy (non-hydrogen) atoms. The minimum atomic E-state index is -0.000765. The van der Waals surface area contributed by atoms with Crippen LogP contribution in [0.25, 0.3) is 0 Å². The van der Waals surface area contributed by atoms with E-state index in [4.69, 9.17) is 0 Å². The lowest BCUT2D eigenvalue weighted by atomic mass is 9.94. The van der Waals surface area contributed by atoms with Crippen LogP contribution in [0, 0.1) is 0 Å². The third-order valence-electron chi connectivity index (χ3n) is 4.07. The molecule has 3 heteroatoms. The predicted molar refractivity (Wildman–Crippen MR) is 78.1 cm³/mol. The highest BCUT2D eigenvalue weighted by Gasteiger charge is 2.23. The lowest BCUT2D eigenvalue weighted by Crippen LogP contribution is -2.49. The molecule has 3 nitrogen and oxygen atoms in total. The van der Waals surface area contributed by atoms with E-state index in [0.29, 0.717) is 5.92 Å². The van der Waals surface area contributed by atoms with Crippen molar-refractivity contribution in [3.05, 3.63) is 35.9 Å². The maximum absolute atomic E-state index is 12.2. The van der Waals surface area contributed by atoms with E-state index >= 15 is 0 Å². The van der Waals surface area contributed by atoms with Crippen LogP contribution in [0.3, 0.4) is 0 Å². The minimum Gasteiger partial charge on any atom is -0.352 e. The highest BCUT2D eigenvalue weighted by Crippen LogP contribution is 2.19. The number of nitrogens with one attached hydrogen (secondary N) is 2. The first-order chi connectivity index (χ1) is 9.18. The number of piperidine rings is 1. The van der Waals surface area contributed by atoms with Crippen molar-refractivity contribution in [1.82, 2.24) is 10.6 Å². The Labute approximate surface area is 115 Å². The minimum absolute atomic E-state index is 0.000765. The summed E-state index contributed by atoms with van der Waals surface area (Å²) >= 11 is 0. The van der Waals surface area contributed by atoms with Crippen LogP contribution in [0.5, 0.6) is 0 Å². The molecule has 1 amide bonds. The van der Waals surface area contributed by atoms with Crippen LogP contribution in [0.15, 0.2) is 30.3 Å². The molecule has 1 heterocycles. The summed E-state index contributed by atoms with van der Waals surface area (Å²) in [7, 11) is 0. The van der Waals surface area contributed by atoms with Gasteiger partial charge in [-0.15, -0.1) is 0 Å². The lowest BCUT2D eigenvalue weighted by Gasteiger charge is -2.27. The van der Waals surface area contributed by atoms with Crippen LogP contribution >= 0.6 is 0 Å². The van der Waals surface area contributed by atoms with Gasteiger partial charge in [-0.25, -0.2) is 0 Å². The number of hydrogen-bond donors (Lipinski definition) is 2. The van der Waals surface area contributed by atoms with Gasteiger partial charge in [0, 0.05) is 12.0 Å². The summed E-state index contributed by atoms with van der Waals surface area (Å²) in [5.41, 5.74) is 1.27. The molecule has 2 rings (SSSR count). The summed E-state index contributed by atoms with van der Waals surface area (Å²) in [6.45, 7) is 5.20. The normalized spacial score (nSPS) is 22.5. The molecule has 0 radical (unpaired) electrons. The largest absolute Gasteiger partial charge is 0.352 e. The number of carbonyl (C=O) groups excluding carboxylic acids is 1. The number of hydrogen-bond acceptors (Lipinski definition) is 2. The maximum Gasteiger partial charge on any atom is 0.237 e. The maximum atomic E-state index is 12.2. The molecule has 3 atom stereocenters. The Morgan fingerprint density at radius 2 is 2.00 bits per heavy atom. The van der Waals surface area contributed by atoms with Crippen molar-refractivity contribution in [2.24, 2.45) is 0 Å². The van der Waals surface area contributed by atoms with Crippen LogP contribution in [0.1, 0.15) is 44.6 Å². The first-order valence-electron chi connectivity index (χ1n) is 7.27. The van der Waals surface area contributed by atoms with Crippen LogP contribution in [-0.2, 0) is 4.79 Å². The van der Waals surface area contributed by atoms with Gasteiger partial charge in [0.25, 0.3) is 0 Å². The van der Waals surface area contributed by atoms with Gasteiger partial charge in [-0.05, 0) is 31.9 Å². The molecule has 0 aliphatic carbocycles. The predicted octanol–water partition coefficient (Wildman–Crippen LogP) is 2.44. The zero-order valence-electron chi connectivity index (χ0n) is 11.9. The fourth-order valence-corrected chi connectivity index (χ4v) is 2.57. The van der Waals surface area contributed by atoms with Gasteiger partial charge in [0.05, 0.1) is 6.04 Å². The van der Waals surface area contributed by atoms with Gasteiger partial charge >= 0.3 is 0 Å². The Kier molecular flexibility index (Phi) is 4.97. The zero-order chi connectivity index (χ0) is 13.7. The van der Waals surface area contributed by atoms with E-state index in [1.165, 1.54) is 12.0 Å². The molecule has 1 aliphatic heterocycles. The molecule has 0 spiro atoms. The summed E-state index contributed by atoms with van der Waals surface area (Å²) < 4.78 is 0. The van der Waals surface area contributed by atoms with Gasteiger partial charge in [-0.2, -0.15) is 0 Å². The van der Waals surface area contributed by atoms with E-state index in [9.17, 15) is 4.79 Å². The van der Waals surface area contributed by atoms with Crippen molar-refractivity contribution >= 4 is 5.91 Å². The monoisotopic (exact) mass is 260 g/mol. The Bertz CT molecular complexity index is 398. The van der Waals surface area contributed by atoms with Crippen LogP contribution in [0.4, 0.5) is 0 Å². The standard InChI is InChI=1S/C16H24N2O/c1-12(14-8-4-3-5-9-14)13(2)18-16(19)15-10-6-7-11-17-15/h3-5,8-9,12-13,15,17H,6-7,10-11H2,1-2H3,(H,18,19). The van der Waals surface area contributed by atoms with Gasteiger partial charge in [0.1, 0.15) is 0 Å². The Balaban J connectivity index is 1.89. The van der Waals surface area contributed by atoms with E-state index in [1.54, 1.807) is 0 Å². The first kappa shape index (κ1) is 14.1. The molecule has 3 unspecified atom stereocenters. The van der Waals surface area contributed by atoms with Crippen molar-refractivity contribution in [2.45, 2.75) is 51.1 Å². The zero-order valence-corrected chi connectivity index (χ0v) is 11.9. The first-order valence-corrected chi connectivity index (χ1v) is 7.27. The smallest absolute Gasteiger partial charge is 0.237 e. The third-order valence-corrected chi connectivity index (χ3v) is 4.07. The second-order valence-electron chi connectivity index (χ2n) is 5.50. The van der Waals surface area contributed by atoms with Gasteiger partial charge in [0.15, 0.2) is 0 Å². The molecule has 1 aromatic carbocycles. The van der Waals surface area contributed by atoms with E-state index in [1.807, 2.05) is 18.2 Å². The molecular weight excluding hydrogens is 236 g/mol. The van der Waals surface area contributed by atoms with Crippen LogP contribution in [-0.4, -0.2) is 24.5 Å². The third kappa shape index (κ3) is 3.80. The van der Waals surface area contributed by atoms with E-state index in [2.05, 4.69) is 36.6 Å². The van der Waals surface area contributed by atoms with Crippen molar-refractivity contribution in [2.75, 3.05) is 6.54 Å². The number of rotatable bonds is 4. The van der Waals surface area contributed by atoms with Crippen molar-refractivity contribution in [3.63, 3.8) is 0 Å². The second kappa shape index (κ2) is 6.71. The van der Waals surface area contributed by atoms with Crippen molar-refractivity contribution in [1.29, 1.82) is 0 Å².